The lowest BCUT2D eigenvalue weighted by Gasteiger charge is -2.34. The van der Waals surface area contributed by atoms with E-state index in [9.17, 15) is 0 Å². The van der Waals surface area contributed by atoms with E-state index in [1.54, 1.807) is 0 Å². The zero-order valence-electron chi connectivity index (χ0n) is 13.1. The van der Waals surface area contributed by atoms with E-state index >= 15 is 0 Å². The zero-order chi connectivity index (χ0) is 14.3. The van der Waals surface area contributed by atoms with E-state index in [-0.39, 0.29) is 6.04 Å². The molecule has 3 rings (SSSR count). The topological polar surface area (TPSA) is 40.2 Å². The molecule has 1 aliphatic carbocycles. The Morgan fingerprint density at radius 3 is 2.95 bits per heavy atom. The summed E-state index contributed by atoms with van der Waals surface area (Å²) in [6.45, 7) is 8.92. The molecule has 0 bridgehead atoms. The van der Waals surface area contributed by atoms with Crippen molar-refractivity contribution >= 4 is 0 Å². The second-order valence-electron chi connectivity index (χ2n) is 7.41. The van der Waals surface area contributed by atoms with Crippen molar-refractivity contribution in [3.8, 4) is 0 Å². The Labute approximate surface area is 122 Å². The van der Waals surface area contributed by atoms with Gasteiger partial charge < -0.3 is 15.0 Å². The summed E-state index contributed by atoms with van der Waals surface area (Å²) < 4.78 is 8.26. The van der Waals surface area contributed by atoms with Crippen molar-refractivity contribution in [2.75, 3.05) is 6.61 Å². The summed E-state index contributed by atoms with van der Waals surface area (Å²) in [4.78, 5) is 0. The van der Waals surface area contributed by atoms with Crippen LogP contribution < -0.4 is 5.73 Å². The molecular weight excluding hydrogens is 248 g/mol. The van der Waals surface area contributed by atoms with Gasteiger partial charge in [0.05, 0.1) is 6.10 Å². The molecular formula is C17H28N2O. The average Bonchev–Trinajstić information content (AvgIpc) is 2.94. The first-order valence-corrected chi connectivity index (χ1v) is 8.02. The van der Waals surface area contributed by atoms with Crippen LogP contribution in [0.1, 0.15) is 62.5 Å². The van der Waals surface area contributed by atoms with Crippen molar-refractivity contribution in [3.63, 3.8) is 0 Å². The first kappa shape index (κ1) is 14.2. The molecule has 2 atom stereocenters. The number of rotatable bonds is 3. The van der Waals surface area contributed by atoms with E-state index in [1.165, 1.54) is 29.8 Å². The van der Waals surface area contributed by atoms with Crippen molar-refractivity contribution in [2.24, 2.45) is 11.1 Å². The number of aromatic nitrogens is 1. The van der Waals surface area contributed by atoms with E-state index in [0.717, 1.165) is 32.4 Å². The molecule has 1 aromatic heterocycles. The smallest absolute Gasteiger partial charge is 0.0593 e. The van der Waals surface area contributed by atoms with Crippen LogP contribution in [-0.4, -0.2) is 17.3 Å². The van der Waals surface area contributed by atoms with E-state index < -0.39 is 0 Å². The quantitative estimate of drug-likeness (QED) is 0.920. The zero-order valence-corrected chi connectivity index (χ0v) is 13.1. The fourth-order valence-corrected chi connectivity index (χ4v) is 3.96. The van der Waals surface area contributed by atoms with Crippen molar-refractivity contribution in [2.45, 2.75) is 71.6 Å². The van der Waals surface area contributed by atoms with Gasteiger partial charge in [-0.25, -0.2) is 0 Å². The number of aryl methyl sites for hydroxylation is 1. The van der Waals surface area contributed by atoms with Crippen molar-refractivity contribution in [1.29, 1.82) is 0 Å². The highest BCUT2D eigenvalue weighted by molar-refractivity contribution is 5.34. The summed E-state index contributed by atoms with van der Waals surface area (Å²) >= 11 is 0. The van der Waals surface area contributed by atoms with Crippen LogP contribution in [-0.2, 0) is 17.7 Å². The molecule has 1 fully saturated rings. The third-order valence-electron chi connectivity index (χ3n) is 4.97. The van der Waals surface area contributed by atoms with Crippen LogP contribution in [0.15, 0.2) is 6.07 Å². The van der Waals surface area contributed by atoms with Gasteiger partial charge in [0, 0.05) is 30.6 Å². The minimum absolute atomic E-state index is 0.205. The number of hydrogen-bond donors (Lipinski definition) is 1. The summed E-state index contributed by atoms with van der Waals surface area (Å²) in [5, 5.41) is 0. The van der Waals surface area contributed by atoms with Crippen molar-refractivity contribution in [3.05, 3.63) is 23.0 Å². The monoisotopic (exact) mass is 276 g/mol. The molecule has 1 aliphatic heterocycles. The first-order chi connectivity index (χ1) is 9.46. The number of fused-ring (bicyclic) bond motifs is 1. The molecule has 0 aromatic carbocycles. The molecule has 0 amide bonds. The molecule has 20 heavy (non-hydrogen) atoms. The van der Waals surface area contributed by atoms with Gasteiger partial charge in [0.2, 0.25) is 0 Å². The van der Waals surface area contributed by atoms with Gasteiger partial charge in [-0.15, -0.1) is 0 Å². The number of nitrogens with zero attached hydrogens (tertiary/aromatic N) is 1. The molecule has 3 heteroatoms. The van der Waals surface area contributed by atoms with Crippen LogP contribution in [0, 0.1) is 12.3 Å². The van der Waals surface area contributed by atoms with E-state index in [4.69, 9.17) is 10.5 Å². The van der Waals surface area contributed by atoms with Crippen molar-refractivity contribution in [1.82, 2.24) is 4.57 Å². The minimum atomic E-state index is 0.205. The molecule has 112 valence electrons. The van der Waals surface area contributed by atoms with Gasteiger partial charge in [0.25, 0.3) is 0 Å². The number of hydrogen-bond acceptors (Lipinski definition) is 2. The van der Waals surface area contributed by atoms with Gasteiger partial charge in [0.15, 0.2) is 0 Å². The van der Waals surface area contributed by atoms with E-state index in [1.807, 2.05) is 0 Å². The molecule has 1 saturated heterocycles. The van der Waals surface area contributed by atoms with Gasteiger partial charge >= 0.3 is 0 Å². The second-order valence-corrected chi connectivity index (χ2v) is 7.41. The van der Waals surface area contributed by atoms with E-state index in [0.29, 0.717) is 11.5 Å². The third-order valence-corrected chi connectivity index (χ3v) is 4.97. The minimum Gasteiger partial charge on any atom is -0.378 e. The predicted octanol–water partition coefficient (Wildman–Crippen LogP) is 3.34. The van der Waals surface area contributed by atoms with Gasteiger partial charge in [-0.3, -0.25) is 0 Å². The van der Waals surface area contributed by atoms with Crippen LogP contribution >= 0.6 is 0 Å². The summed E-state index contributed by atoms with van der Waals surface area (Å²) in [6, 6.07) is 2.52. The molecule has 2 aliphatic rings. The fourth-order valence-electron chi connectivity index (χ4n) is 3.96. The molecule has 1 aromatic rings. The Hall–Kier alpha value is -0.800. The van der Waals surface area contributed by atoms with E-state index in [2.05, 4.69) is 31.4 Å². The Balaban J connectivity index is 1.80. The fraction of sp³-hybridized carbons (Fsp3) is 0.765. The van der Waals surface area contributed by atoms with Crippen LogP contribution in [0.3, 0.4) is 0 Å². The molecule has 0 spiro atoms. The molecule has 0 saturated carbocycles. The molecule has 2 N–H and O–H groups in total. The summed E-state index contributed by atoms with van der Waals surface area (Å²) in [7, 11) is 0. The SMILES string of the molecule is Cc1cc2c(n1CCC1CCCO1)CC(C)(C)CC2N. The molecule has 0 radical (unpaired) electrons. The predicted molar refractivity (Wildman–Crippen MR) is 81.8 cm³/mol. The lowest BCUT2D eigenvalue weighted by atomic mass is 9.74. The lowest BCUT2D eigenvalue weighted by Crippen LogP contribution is -2.30. The standard InChI is InChI=1S/C17H28N2O/c1-12-9-14-15(18)10-17(2,3)11-16(14)19(12)7-6-13-5-4-8-20-13/h9,13,15H,4-8,10-11,18H2,1-3H3. The number of nitrogens with two attached hydrogens (primary N) is 1. The Kier molecular flexibility index (Phi) is 3.67. The van der Waals surface area contributed by atoms with Crippen molar-refractivity contribution < 1.29 is 4.74 Å². The van der Waals surface area contributed by atoms with Gasteiger partial charge in [-0.1, -0.05) is 13.8 Å². The normalized spacial score (nSPS) is 28.6. The second kappa shape index (κ2) is 5.19. The maximum Gasteiger partial charge on any atom is 0.0593 e. The highest BCUT2D eigenvalue weighted by Gasteiger charge is 2.33. The lowest BCUT2D eigenvalue weighted by molar-refractivity contribution is 0.0998. The third kappa shape index (κ3) is 2.66. The van der Waals surface area contributed by atoms with Crippen LogP contribution in [0.2, 0.25) is 0 Å². The van der Waals surface area contributed by atoms with Crippen LogP contribution in [0.5, 0.6) is 0 Å². The number of ether oxygens (including phenoxy) is 1. The maximum atomic E-state index is 6.38. The molecule has 2 unspecified atom stereocenters. The summed E-state index contributed by atoms with van der Waals surface area (Å²) in [6.07, 6.45) is 6.30. The summed E-state index contributed by atoms with van der Waals surface area (Å²) in [5.41, 5.74) is 10.9. The summed E-state index contributed by atoms with van der Waals surface area (Å²) in [5.74, 6) is 0. The van der Waals surface area contributed by atoms with Gasteiger partial charge in [-0.05, 0) is 56.1 Å². The highest BCUT2D eigenvalue weighted by Crippen LogP contribution is 2.41. The van der Waals surface area contributed by atoms with Gasteiger partial charge in [0.1, 0.15) is 0 Å². The first-order valence-electron chi connectivity index (χ1n) is 8.02. The average molecular weight is 276 g/mol. The largest absolute Gasteiger partial charge is 0.378 e. The Morgan fingerprint density at radius 2 is 2.25 bits per heavy atom. The van der Waals surface area contributed by atoms with Crippen LogP contribution in [0.25, 0.3) is 0 Å². The maximum absolute atomic E-state index is 6.38. The Bertz CT molecular complexity index is 483. The molecule has 3 nitrogen and oxygen atoms in total. The Morgan fingerprint density at radius 1 is 1.45 bits per heavy atom. The molecule has 2 heterocycles. The van der Waals surface area contributed by atoms with Gasteiger partial charge in [-0.2, -0.15) is 0 Å². The highest BCUT2D eigenvalue weighted by atomic mass is 16.5. The van der Waals surface area contributed by atoms with Crippen LogP contribution in [0.4, 0.5) is 0 Å².